The molecule has 6 heteroatoms. The number of aryl methyl sites for hydroxylation is 1. The van der Waals surface area contributed by atoms with E-state index < -0.39 is 10.0 Å². The summed E-state index contributed by atoms with van der Waals surface area (Å²) in [6.07, 6.45) is 13.9. The maximum absolute atomic E-state index is 6.18. The van der Waals surface area contributed by atoms with Gasteiger partial charge < -0.3 is 18.9 Å². The zero-order chi connectivity index (χ0) is 22.4. The lowest BCUT2D eigenvalue weighted by atomic mass is 10.2. The smallest absolute Gasteiger partial charge is 0.139 e. The average molecular weight is 456 g/mol. The van der Waals surface area contributed by atoms with E-state index in [4.69, 9.17) is 14.5 Å². The minimum atomic E-state index is -0.404. The number of hydrogen-bond donors (Lipinski definition) is 0. The van der Waals surface area contributed by atoms with E-state index in [0.29, 0.717) is 19.8 Å². The number of rotatable bonds is 9. The number of nitrogens with zero attached hydrogens (tertiary/aromatic N) is 3. The molecule has 1 saturated heterocycles. The second kappa shape index (κ2) is 10.7. The Labute approximate surface area is 194 Å². The molecule has 0 N–H and O–H groups in total. The number of ether oxygens (including phenoxy) is 2. The van der Waals surface area contributed by atoms with Crippen LogP contribution in [0, 0.1) is 0 Å². The van der Waals surface area contributed by atoms with Crippen molar-refractivity contribution in [3.05, 3.63) is 60.4 Å². The van der Waals surface area contributed by atoms with Crippen LogP contribution in [0.2, 0.25) is 0 Å². The molecule has 1 aliphatic heterocycles. The van der Waals surface area contributed by atoms with Crippen LogP contribution >= 0.6 is 10.0 Å². The first-order valence-electron chi connectivity index (χ1n) is 11.6. The van der Waals surface area contributed by atoms with Crippen LogP contribution in [0.3, 0.4) is 0 Å². The second-order valence-corrected chi connectivity index (χ2v) is 14.1. The molecule has 1 unspecified atom stereocenters. The Balaban J connectivity index is 1.37. The zero-order valence-electron chi connectivity index (χ0n) is 19.7. The minimum Gasteiger partial charge on any atom is -0.377 e. The van der Waals surface area contributed by atoms with Gasteiger partial charge in [0.1, 0.15) is 5.65 Å². The van der Waals surface area contributed by atoms with Gasteiger partial charge in [-0.25, -0.2) is 15.0 Å². The predicted octanol–water partition coefficient (Wildman–Crippen LogP) is 4.93. The van der Waals surface area contributed by atoms with Crippen LogP contribution in [0.1, 0.15) is 18.4 Å². The van der Waals surface area contributed by atoms with Gasteiger partial charge in [0.15, 0.2) is 0 Å². The average Bonchev–Trinajstić information content (AvgIpc) is 3.03. The van der Waals surface area contributed by atoms with Crippen molar-refractivity contribution >= 4 is 26.7 Å². The Morgan fingerprint density at radius 3 is 2.78 bits per heavy atom. The maximum Gasteiger partial charge on any atom is 0.139 e. The molecule has 1 atom stereocenters. The highest BCUT2D eigenvalue weighted by Gasteiger charge is 2.20. The van der Waals surface area contributed by atoms with Gasteiger partial charge in [-0.3, -0.25) is 0 Å². The van der Waals surface area contributed by atoms with Gasteiger partial charge in [-0.1, -0.05) is 30.3 Å². The van der Waals surface area contributed by atoms with E-state index in [1.54, 1.807) is 0 Å². The number of aromatic nitrogens is 2. The molecule has 0 saturated carbocycles. The quantitative estimate of drug-likeness (QED) is 0.429. The molecule has 174 valence electrons. The summed E-state index contributed by atoms with van der Waals surface area (Å²) >= 11 is 0. The highest BCUT2D eigenvalue weighted by Crippen LogP contribution is 2.35. The number of anilines is 1. The van der Waals surface area contributed by atoms with Crippen molar-refractivity contribution in [2.45, 2.75) is 32.1 Å². The van der Waals surface area contributed by atoms with Crippen molar-refractivity contribution < 1.29 is 9.47 Å². The molecule has 5 nitrogen and oxygen atoms in total. The van der Waals surface area contributed by atoms with Crippen LogP contribution < -0.4 is 4.90 Å². The van der Waals surface area contributed by atoms with Crippen molar-refractivity contribution in [2.75, 3.05) is 55.7 Å². The SMILES string of the molecule is CS(C)(C)CCCCn1ccc2cc(N3CCOCC(OCc4ccccc4)C3)cnc21. The lowest BCUT2D eigenvalue weighted by molar-refractivity contribution is -0.00795. The monoisotopic (exact) mass is 455 g/mol. The number of fused-ring (bicyclic) bond motifs is 1. The van der Waals surface area contributed by atoms with Crippen LogP contribution in [0.25, 0.3) is 11.0 Å². The Morgan fingerprint density at radius 1 is 1.12 bits per heavy atom. The molecule has 1 fully saturated rings. The molecule has 4 rings (SSSR count). The summed E-state index contributed by atoms with van der Waals surface area (Å²) in [6, 6.07) is 14.8. The van der Waals surface area contributed by atoms with E-state index in [1.165, 1.54) is 29.5 Å². The molecule has 0 spiro atoms. The van der Waals surface area contributed by atoms with E-state index in [1.807, 2.05) is 24.4 Å². The summed E-state index contributed by atoms with van der Waals surface area (Å²) in [5.41, 5.74) is 3.42. The van der Waals surface area contributed by atoms with Crippen LogP contribution in [0.4, 0.5) is 5.69 Å². The van der Waals surface area contributed by atoms with E-state index >= 15 is 0 Å². The molecule has 2 aromatic heterocycles. The van der Waals surface area contributed by atoms with Crippen molar-refractivity contribution in [3.8, 4) is 0 Å². The molecular weight excluding hydrogens is 418 g/mol. The number of hydrogen-bond acceptors (Lipinski definition) is 4. The fourth-order valence-corrected chi connectivity index (χ4v) is 5.21. The Kier molecular flexibility index (Phi) is 7.76. The van der Waals surface area contributed by atoms with Crippen LogP contribution in [-0.4, -0.2) is 66.5 Å². The summed E-state index contributed by atoms with van der Waals surface area (Å²) in [4.78, 5) is 7.18. The minimum absolute atomic E-state index is 0.0444. The summed E-state index contributed by atoms with van der Waals surface area (Å²) in [7, 11) is -0.404. The number of benzene rings is 1. The zero-order valence-corrected chi connectivity index (χ0v) is 20.5. The lowest BCUT2D eigenvalue weighted by Crippen LogP contribution is -2.34. The summed E-state index contributed by atoms with van der Waals surface area (Å²) in [6.45, 7) is 4.66. The Morgan fingerprint density at radius 2 is 1.97 bits per heavy atom. The molecule has 32 heavy (non-hydrogen) atoms. The largest absolute Gasteiger partial charge is 0.377 e. The van der Waals surface area contributed by atoms with Gasteiger partial charge in [0, 0.05) is 31.2 Å². The fraction of sp³-hybridized carbons (Fsp3) is 0.500. The molecule has 1 aromatic carbocycles. The third-order valence-electron chi connectivity index (χ3n) is 5.92. The van der Waals surface area contributed by atoms with Gasteiger partial charge in [-0.15, -0.1) is 0 Å². The molecule has 3 heterocycles. The molecule has 0 radical (unpaired) electrons. The van der Waals surface area contributed by atoms with Crippen molar-refractivity contribution in [1.29, 1.82) is 0 Å². The summed E-state index contributed by atoms with van der Waals surface area (Å²) in [5.74, 6) is 1.34. The normalized spacial score (nSPS) is 18.1. The van der Waals surface area contributed by atoms with E-state index in [2.05, 4.69) is 58.7 Å². The third kappa shape index (κ3) is 6.50. The molecule has 0 amide bonds. The fourth-order valence-electron chi connectivity index (χ4n) is 4.14. The summed E-state index contributed by atoms with van der Waals surface area (Å²) in [5, 5.41) is 1.20. The van der Waals surface area contributed by atoms with Gasteiger partial charge in [0.2, 0.25) is 0 Å². The maximum atomic E-state index is 6.18. The number of unbranched alkanes of at least 4 members (excludes halogenated alkanes) is 1. The molecule has 0 bridgehead atoms. The van der Waals surface area contributed by atoms with Crippen molar-refractivity contribution in [1.82, 2.24) is 9.55 Å². The topological polar surface area (TPSA) is 39.5 Å². The molecule has 0 aliphatic carbocycles. The van der Waals surface area contributed by atoms with Crippen LogP contribution in [0.15, 0.2) is 54.9 Å². The van der Waals surface area contributed by atoms with Gasteiger partial charge in [0.05, 0.1) is 37.8 Å². The van der Waals surface area contributed by atoms with Gasteiger partial charge in [-0.2, -0.15) is 0 Å². The van der Waals surface area contributed by atoms with Gasteiger partial charge in [-0.05, 0) is 55.1 Å². The molecule has 1 aliphatic rings. The highest BCUT2D eigenvalue weighted by atomic mass is 32.3. The first-order chi connectivity index (χ1) is 15.5. The van der Waals surface area contributed by atoms with Crippen LogP contribution in [0.5, 0.6) is 0 Å². The first kappa shape index (κ1) is 23.1. The second-order valence-electron chi connectivity index (χ2n) is 9.56. The number of pyridine rings is 1. The Bertz CT molecular complexity index is 984. The molecular formula is C26H37N3O2S. The van der Waals surface area contributed by atoms with Gasteiger partial charge >= 0.3 is 0 Å². The van der Waals surface area contributed by atoms with E-state index in [9.17, 15) is 0 Å². The van der Waals surface area contributed by atoms with Crippen molar-refractivity contribution in [2.24, 2.45) is 0 Å². The standard InChI is InChI=1S/C26H37N3O2S/c1-32(2,3)16-8-7-12-28-13-11-23-17-24(18-27-26(23)28)29-14-15-30-21-25(19-29)31-20-22-9-5-4-6-10-22/h4-6,9-11,13,17-18,25H,7-8,12,14-16,19-21H2,1-3H3. The lowest BCUT2D eigenvalue weighted by Gasteiger charge is -2.25. The van der Waals surface area contributed by atoms with E-state index in [-0.39, 0.29) is 6.10 Å². The predicted molar refractivity (Wildman–Crippen MR) is 137 cm³/mol. The van der Waals surface area contributed by atoms with Crippen molar-refractivity contribution in [3.63, 3.8) is 0 Å². The van der Waals surface area contributed by atoms with Crippen LogP contribution in [-0.2, 0) is 22.6 Å². The highest BCUT2D eigenvalue weighted by molar-refractivity contribution is 8.32. The van der Waals surface area contributed by atoms with Gasteiger partial charge in [0.25, 0.3) is 0 Å². The third-order valence-corrected chi connectivity index (χ3v) is 7.43. The Hall–Kier alpha value is -2.02. The summed E-state index contributed by atoms with van der Waals surface area (Å²) < 4.78 is 14.3. The molecule has 3 aromatic rings. The first-order valence-corrected chi connectivity index (χ1v) is 14.6. The van der Waals surface area contributed by atoms with E-state index in [0.717, 1.165) is 31.0 Å².